The molecule has 2 N–H and O–H groups in total. The smallest absolute Gasteiger partial charge is 0.325 e. The van der Waals surface area contributed by atoms with E-state index < -0.39 is 17.5 Å². The summed E-state index contributed by atoms with van der Waals surface area (Å²) in [6.07, 6.45) is 2.16. The molecule has 1 saturated carbocycles. The number of imide groups is 1. The lowest BCUT2D eigenvalue weighted by atomic mass is 9.64. The molecule has 2 atom stereocenters. The van der Waals surface area contributed by atoms with Crippen molar-refractivity contribution in [2.24, 2.45) is 11.3 Å². The third-order valence-corrected chi connectivity index (χ3v) is 5.56. The highest BCUT2D eigenvalue weighted by Gasteiger charge is 2.56. The van der Waals surface area contributed by atoms with Crippen LogP contribution in [0.15, 0.2) is 18.2 Å². The summed E-state index contributed by atoms with van der Waals surface area (Å²) in [6.45, 7) is 5.96. The maximum absolute atomic E-state index is 13.1. The van der Waals surface area contributed by atoms with Crippen molar-refractivity contribution >= 4 is 23.5 Å². The number of hydrogen-bond acceptors (Lipinski definition) is 5. The van der Waals surface area contributed by atoms with Gasteiger partial charge in [-0.15, -0.1) is 0 Å². The van der Waals surface area contributed by atoms with Crippen molar-refractivity contribution in [1.82, 2.24) is 10.2 Å². The Morgan fingerprint density at radius 3 is 2.34 bits per heavy atom. The molecular weight excluding hydrogens is 374 g/mol. The predicted octanol–water partition coefficient (Wildman–Crippen LogP) is 2.78. The lowest BCUT2D eigenvalue weighted by Crippen LogP contribution is -2.54. The molecule has 2 aliphatic rings. The van der Waals surface area contributed by atoms with Crippen molar-refractivity contribution in [3.63, 3.8) is 0 Å². The molecule has 158 valence electrons. The van der Waals surface area contributed by atoms with Gasteiger partial charge in [-0.1, -0.05) is 20.8 Å². The fourth-order valence-electron chi connectivity index (χ4n) is 4.87. The minimum atomic E-state index is -0.919. The molecule has 0 aromatic heterocycles. The van der Waals surface area contributed by atoms with Crippen LogP contribution in [0.25, 0.3) is 0 Å². The third kappa shape index (κ3) is 4.31. The van der Waals surface area contributed by atoms with Gasteiger partial charge < -0.3 is 20.1 Å². The van der Waals surface area contributed by atoms with Gasteiger partial charge in [-0.25, -0.2) is 4.79 Å². The Kier molecular flexibility index (Phi) is 5.47. The minimum Gasteiger partial charge on any atom is -0.497 e. The Hall–Kier alpha value is -2.77. The molecule has 1 spiro atoms. The fraction of sp³-hybridized carbons (Fsp3) is 0.571. The van der Waals surface area contributed by atoms with Gasteiger partial charge in [0.1, 0.15) is 23.6 Å². The van der Waals surface area contributed by atoms with Gasteiger partial charge in [0.25, 0.3) is 5.91 Å². The van der Waals surface area contributed by atoms with E-state index in [4.69, 9.17) is 9.47 Å². The second-order valence-electron chi connectivity index (χ2n) is 8.91. The summed E-state index contributed by atoms with van der Waals surface area (Å²) >= 11 is 0. The van der Waals surface area contributed by atoms with E-state index in [1.165, 1.54) is 14.2 Å². The van der Waals surface area contributed by atoms with Crippen molar-refractivity contribution in [2.75, 3.05) is 26.1 Å². The molecular formula is C21H29N3O5. The van der Waals surface area contributed by atoms with E-state index >= 15 is 0 Å². The van der Waals surface area contributed by atoms with Crippen LogP contribution in [-0.2, 0) is 9.59 Å². The number of nitrogens with one attached hydrogen (secondary N) is 2. The highest BCUT2D eigenvalue weighted by Crippen LogP contribution is 2.46. The highest BCUT2D eigenvalue weighted by molar-refractivity contribution is 6.10. The van der Waals surface area contributed by atoms with Crippen LogP contribution < -0.4 is 20.1 Å². The van der Waals surface area contributed by atoms with E-state index in [0.29, 0.717) is 35.9 Å². The zero-order valence-electron chi connectivity index (χ0n) is 17.6. The normalized spacial score (nSPS) is 25.7. The molecule has 8 heteroatoms. The van der Waals surface area contributed by atoms with Gasteiger partial charge >= 0.3 is 6.03 Å². The molecule has 1 aliphatic carbocycles. The molecule has 0 bridgehead atoms. The first kappa shape index (κ1) is 21.0. The van der Waals surface area contributed by atoms with Crippen LogP contribution in [0.4, 0.5) is 10.5 Å². The Morgan fingerprint density at radius 1 is 1.17 bits per heavy atom. The van der Waals surface area contributed by atoms with Gasteiger partial charge in [0.05, 0.1) is 14.2 Å². The average molecular weight is 403 g/mol. The van der Waals surface area contributed by atoms with Crippen molar-refractivity contribution in [3.8, 4) is 11.5 Å². The van der Waals surface area contributed by atoms with E-state index in [0.717, 1.165) is 11.3 Å². The van der Waals surface area contributed by atoms with Crippen LogP contribution in [0, 0.1) is 11.3 Å². The monoisotopic (exact) mass is 403 g/mol. The number of nitrogens with zero attached hydrogens (tertiary/aromatic N) is 1. The number of carbonyl (C=O) groups is 3. The second kappa shape index (κ2) is 7.57. The molecule has 1 aliphatic heterocycles. The number of methoxy groups -OCH3 is 2. The average Bonchev–Trinajstić information content (AvgIpc) is 2.82. The Bertz CT molecular complexity index is 815. The summed E-state index contributed by atoms with van der Waals surface area (Å²) in [5.74, 6) is 0.560. The van der Waals surface area contributed by atoms with Crippen molar-refractivity contribution < 1.29 is 23.9 Å². The lowest BCUT2D eigenvalue weighted by Gasteiger charge is -2.43. The molecule has 3 rings (SSSR count). The van der Waals surface area contributed by atoms with E-state index in [1.807, 2.05) is 0 Å². The summed E-state index contributed by atoms with van der Waals surface area (Å²) in [6, 6.07) is 4.44. The SMILES string of the molecule is COc1cc(NC(=O)CN2C(=O)N[C@@]3(C[C@@H](C)CC(C)(C)C3)C2=O)cc(OC)c1. The molecule has 1 saturated heterocycles. The van der Waals surface area contributed by atoms with Gasteiger partial charge in [0.15, 0.2) is 0 Å². The van der Waals surface area contributed by atoms with Gasteiger partial charge in [0, 0.05) is 23.9 Å². The first-order valence-electron chi connectivity index (χ1n) is 9.74. The zero-order valence-corrected chi connectivity index (χ0v) is 17.6. The molecule has 0 radical (unpaired) electrons. The van der Waals surface area contributed by atoms with Gasteiger partial charge in [-0.3, -0.25) is 14.5 Å². The lowest BCUT2D eigenvalue weighted by molar-refractivity contribution is -0.136. The second-order valence-corrected chi connectivity index (χ2v) is 8.91. The number of anilines is 1. The Labute approximate surface area is 170 Å². The molecule has 1 heterocycles. The Morgan fingerprint density at radius 2 is 1.79 bits per heavy atom. The first-order chi connectivity index (χ1) is 13.6. The maximum atomic E-state index is 13.1. The first-order valence-corrected chi connectivity index (χ1v) is 9.74. The number of rotatable bonds is 5. The van der Waals surface area contributed by atoms with Crippen LogP contribution in [0.2, 0.25) is 0 Å². The summed E-state index contributed by atoms with van der Waals surface area (Å²) in [5, 5.41) is 5.58. The standard InChI is InChI=1S/C21H29N3O5/c1-13-9-20(2,3)12-21(10-13)18(26)24(19(27)23-21)11-17(25)22-14-6-15(28-4)8-16(7-14)29-5/h6-8,13H,9-12H2,1-5H3,(H,22,25)(H,23,27)/t13-,21+/m0/s1. The summed E-state index contributed by atoms with van der Waals surface area (Å²) in [7, 11) is 3.03. The topological polar surface area (TPSA) is 97.0 Å². The van der Waals surface area contributed by atoms with Crippen molar-refractivity contribution in [1.29, 1.82) is 0 Å². The Balaban J connectivity index is 1.73. The third-order valence-electron chi connectivity index (χ3n) is 5.56. The fourth-order valence-corrected chi connectivity index (χ4v) is 4.87. The molecule has 1 aromatic rings. The quantitative estimate of drug-likeness (QED) is 0.737. The zero-order chi connectivity index (χ0) is 21.4. The predicted molar refractivity (Wildman–Crippen MR) is 108 cm³/mol. The van der Waals surface area contributed by atoms with Gasteiger partial charge in [-0.2, -0.15) is 0 Å². The summed E-state index contributed by atoms with van der Waals surface area (Å²) < 4.78 is 10.4. The number of hydrogen-bond donors (Lipinski definition) is 2. The van der Waals surface area contributed by atoms with Crippen molar-refractivity contribution in [2.45, 2.75) is 45.6 Å². The van der Waals surface area contributed by atoms with Crippen LogP contribution in [0.5, 0.6) is 11.5 Å². The van der Waals surface area contributed by atoms with Crippen LogP contribution in [0.3, 0.4) is 0 Å². The number of ether oxygens (including phenoxy) is 2. The summed E-state index contributed by atoms with van der Waals surface area (Å²) in [5.41, 5.74) is -0.520. The summed E-state index contributed by atoms with van der Waals surface area (Å²) in [4.78, 5) is 39.2. The number of urea groups is 1. The van der Waals surface area contributed by atoms with Crippen LogP contribution in [-0.4, -0.2) is 49.0 Å². The molecule has 8 nitrogen and oxygen atoms in total. The number of benzene rings is 1. The number of carbonyl (C=O) groups excluding carboxylic acids is 3. The molecule has 0 unspecified atom stereocenters. The van der Waals surface area contributed by atoms with Gasteiger partial charge in [-0.05, 0) is 30.6 Å². The minimum absolute atomic E-state index is 0.0595. The molecule has 29 heavy (non-hydrogen) atoms. The van der Waals surface area contributed by atoms with E-state index in [9.17, 15) is 14.4 Å². The van der Waals surface area contributed by atoms with Crippen LogP contribution >= 0.6 is 0 Å². The van der Waals surface area contributed by atoms with Crippen molar-refractivity contribution in [3.05, 3.63) is 18.2 Å². The number of amides is 4. The molecule has 4 amide bonds. The van der Waals surface area contributed by atoms with E-state index in [2.05, 4.69) is 31.4 Å². The molecule has 1 aromatic carbocycles. The van der Waals surface area contributed by atoms with E-state index in [-0.39, 0.29) is 17.9 Å². The largest absolute Gasteiger partial charge is 0.497 e. The highest BCUT2D eigenvalue weighted by atomic mass is 16.5. The molecule has 2 fully saturated rings. The van der Waals surface area contributed by atoms with E-state index in [1.54, 1.807) is 18.2 Å². The van der Waals surface area contributed by atoms with Gasteiger partial charge in [0.2, 0.25) is 5.91 Å². The maximum Gasteiger partial charge on any atom is 0.325 e. The van der Waals surface area contributed by atoms with Crippen LogP contribution in [0.1, 0.15) is 40.0 Å².